The van der Waals surface area contributed by atoms with Gasteiger partial charge in [0.05, 0.1) is 5.69 Å². The van der Waals surface area contributed by atoms with Gasteiger partial charge in [0, 0.05) is 6.07 Å². The molecule has 54 valence electrons. The minimum Gasteiger partial charge on any atom is -0.367 e. The molecule has 4 heteroatoms. The predicted octanol–water partition coefficient (Wildman–Crippen LogP) is 2.17. The fourth-order valence-corrected chi connectivity index (χ4v) is 0.841. The third-order valence-electron chi connectivity index (χ3n) is 1.09. The number of hydrogen-bond donors (Lipinski definition) is 1. The van der Waals surface area contributed by atoms with Gasteiger partial charge in [0.25, 0.3) is 0 Å². The maximum Gasteiger partial charge on any atom is 0.149 e. The fourth-order valence-electron chi connectivity index (χ4n) is 0.607. The Balaban J connectivity index is 3.07. The standard InChI is InChI=1S/C6H6F2NP/c7-4-1-2-6(9-10)5(8)3-4/h1-3,9H,10H2. The van der Waals surface area contributed by atoms with Crippen LogP contribution in [0.2, 0.25) is 0 Å². The van der Waals surface area contributed by atoms with Gasteiger partial charge in [-0.25, -0.2) is 8.78 Å². The number of anilines is 1. The van der Waals surface area contributed by atoms with Gasteiger partial charge in [0.15, 0.2) is 0 Å². The zero-order valence-electron chi connectivity index (χ0n) is 5.07. The SMILES string of the molecule is Fc1ccc(NP)c(F)c1. The Labute approximate surface area is 59.7 Å². The molecule has 0 bridgehead atoms. The van der Waals surface area contributed by atoms with Crippen LogP contribution in [-0.4, -0.2) is 0 Å². The van der Waals surface area contributed by atoms with Gasteiger partial charge in [-0.2, -0.15) is 0 Å². The van der Waals surface area contributed by atoms with E-state index < -0.39 is 11.6 Å². The van der Waals surface area contributed by atoms with E-state index in [2.05, 4.69) is 14.5 Å². The van der Waals surface area contributed by atoms with Gasteiger partial charge in [-0.1, -0.05) is 0 Å². The molecule has 1 aromatic carbocycles. The van der Waals surface area contributed by atoms with Crippen LogP contribution >= 0.6 is 9.39 Å². The normalized spacial score (nSPS) is 9.50. The summed E-state index contributed by atoms with van der Waals surface area (Å²) < 4.78 is 24.7. The Kier molecular flexibility index (Phi) is 2.17. The average Bonchev–Trinajstić information content (AvgIpc) is 1.88. The highest BCUT2D eigenvalue weighted by atomic mass is 31.0. The van der Waals surface area contributed by atoms with Crippen molar-refractivity contribution in [3.8, 4) is 0 Å². The second-order valence-corrected chi connectivity index (χ2v) is 2.06. The molecule has 0 fully saturated rings. The molecule has 0 aliphatic heterocycles. The largest absolute Gasteiger partial charge is 0.367 e. The molecule has 0 aliphatic rings. The molecule has 0 spiro atoms. The molecule has 1 nitrogen and oxygen atoms in total. The molecule has 10 heavy (non-hydrogen) atoms. The average molecular weight is 161 g/mol. The van der Waals surface area contributed by atoms with Crippen molar-refractivity contribution >= 4 is 15.1 Å². The molecule has 0 amide bonds. The molecular formula is C6H6F2NP. The number of hydrogen-bond acceptors (Lipinski definition) is 1. The maximum atomic E-state index is 12.5. The summed E-state index contributed by atoms with van der Waals surface area (Å²) in [5, 5.41) is 2.50. The van der Waals surface area contributed by atoms with Crippen LogP contribution < -0.4 is 5.09 Å². The van der Waals surface area contributed by atoms with Crippen LogP contribution in [0.25, 0.3) is 0 Å². The van der Waals surface area contributed by atoms with E-state index in [1.165, 1.54) is 12.1 Å². The van der Waals surface area contributed by atoms with Crippen LogP contribution in [0.4, 0.5) is 14.5 Å². The van der Waals surface area contributed by atoms with Gasteiger partial charge in [-0.15, -0.1) is 0 Å². The van der Waals surface area contributed by atoms with Crippen molar-refractivity contribution in [2.75, 3.05) is 5.09 Å². The zero-order chi connectivity index (χ0) is 7.56. The Morgan fingerprint density at radius 2 is 2.00 bits per heavy atom. The summed E-state index contributed by atoms with van der Waals surface area (Å²) in [6.45, 7) is 0. The van der Waals surface area contributed by atoms with E-state index in [1.807, 2.05) is 0 Å². The Bertz CT molecular complexity index is 239. The Hall–Kier alpha value is -0.690. The quantitative estimate of drug-likeness (QED) is 0.622. The van der Waals surface area contributed by atoms with Crippen LogP contribution in [0, 0.1) is 11.6 Å². The summed E-state index contributed by atoms with van der Waals surface area (Å²) >= 11 is 0. The van der Waals surface area contributed by atoms with E-state index >= 15 is 0 Å². The third-order valence-corrected chi connectivity index (χ3v) is 1.40. The highest BCUT2D eigenvalue weighted by Crippen LogP contribution is 2.15. The van der Waals surface area contributed by atoms with E-state index in [0.29, 0.717) is 0 Å². The van der Waals surface area contributed by atoms with Crippen molar-refractivity contribution in [1.82, 2.24) is 0 Å². The van der Waals surface area contributed by atoms with Crippen LogP contribution in [0.5, 0.6) is 0 Å². The number of rotatable bonds is 1. The molecule has 0 aliphatic carbocycles. The molecule has 1 rings (SSSR count). The molecular weight excluding hydrogens is 155 g/mol. The number of nitrogens with one attached hydrogen (secondary N) is 1. The Morgan fingerprint density at radius 3 is 2.50 bits per heavy atom. The van der Waals surface area contributed by atoms with Crippen molar-refractivity contribution in [3.05, 3.63) is 29.8 Å². The lowest BCUT2D eigenvalue weighted by Gasteiger charge is -1.99. The van der Waals surface area contributed by atoms with Gasteiger partial charge < -0.3 is 5.09 Å². The first-order valence-electron chi connectivity index (χ1n) is 2.65. The fraction of sp³-hybridized carbons (Fsp3) is 0. The van der Waals surface area contributed by atoms with Crippen LogP contribution in [-0.2, 0) is 0 Å². The van der Waals surface area contributed by atoms with Crippen LogP contribution in [0.3, 0.4) is 0 Å². The third kappa shape index (κ3) is 1.42. The summed E-state index contributed by atoms with van der Waals surface area (Å²) in [6.07, 6.45) is 0. The summed E-state index contributed by atoms with van der Waals surface area (Å²) in [7, 11) is 2.13. The smallest absolute Gasteiger partial charge is 0.149 e. The first kappa shape index (κ1) is 7.42. The highest BCUT2D eigenvalue weighted by molar-refractivity contribution is 7.18. The van der Waals surface area contributed by atoms with Gasteiger partial charge in [0.2, 0.25) is 0 Å². The van der Waals surface area contributed by atoms with Crippen molar-refractivity contribution < 1.29 is 8.78 Å². The Morgan fingerprint density at radius 1 is 1.30 bits per heavy atom. The lowest BCUT2D eigenvalue weighted by Crippen LogP contribution is -1.86. The first-order valence-corrected chi connectivity index (χ1v) is 3.23. The molecule has 0 saturated heterocycles. The van der Waals surface area contributed by atoms with Gasteiger partial charge >= 0.3 is 0 Å². The number of benzene rings is 1. The topological polar surface area (TPSA) is 12.0 Å². The predicted molar refractivity (Wildman–Crippen MR) is 39.7 cm³/mol. The second kappa shape index (κ2) is 2.93. The van der Waals surface area contributed by atoms with E-state index in [1.54, 1.807) is 0 Å². The van der Waals surface area contributed by atoms with Crippen LogP contribution in [0.1, 0.15) is 0 Å². The molecule has 1 N–H and O–H groups in total. The maximum absolute atomic E-state index is 12.5. The molecule has 0 radical (unpaired) electrons. The minimum atomic E-state index is -0.588. The van der Waals surface area contributed by atoms with E-state index in [4.69, 9.17) is 0 Å². The highest BCUT2D eigenvalue weighted by Gasteiger charge is 1.99. The van der Waals surface area contributed by atoms with E-state index in [0.717, 1.165) is 6.07 Å². The minimum absolute atomic E-state index is 0.270. The lowest BCUT2D eigenvalue weighted by molar-refractivity contribution is 0.586. The summed E-state index contributed by atoms with van der Waals surface area (Å²) in [5.74, 6) is -1.16. The molecule has 1 unspecified atom stereocenters. The second-order valence-electron chi connectivity index (χ2n) is 1.77. The molecule has 1 aromatic rings. The molecule has 0 aromatic heterocycles. The van der Waals surface area contributed by atoms with Gasteiger partial charge in [-0.05, 0) is 21.5 Å². The first-order chi connectivity index (χ1) is 4.74. The monoisotopic (exact) mass is 161 g/mol. The van der Waals surface area contributed by atoms with Crippen molar-refractivity contribution in [3.63, 3.8) is 0 Å². The van der Waals surface area contributed by atoms with Crippen molar-refractivity contribution in [2.45, 2.75) is 0 Å². The van der Waals surface area contributed by atoms with Crippen molar-refractivity contribution in [2.24, 2.45) is 0 Å². The van der Waals surface area contributed by atoms with Gasteiger partial charge in [-0.3, -0.25) is 0 Å². The summed E-state index contributed by atoms with van der Waals surface area (Å²) in [5.41, 5.74) is 0.270. The summed E-state index contributed by atoms with van der Waals surface area (Å²) in [4.78, 5) is 0. The molecule has 0 heterocycles. The van der Waals surface area contributed by atoms with E-state index in [-0.39, 0.29) is 5.69 Å². The van der Waals surface area contributed by atoms with Crippen molar-refractivity contribution in [1.29, 1.82) is 0 Å². The zero-order valence-corrected chi connectivity index (χ0v) is 6.22. The number of halogens is 2. The molecule has 1 atom stereocenters. The lowest BCUT2D eigenvalue weighted by atomic mass is 10.3. The molecule has 0 saturated carbocycles. The van der Waals surface area contributed by atoms with Crippen LogP contribution in [0.15, 0.2) is 18.2 Å². The summed E-state index contributed by atoms with van der Waals surface area (Å²) in [6, 6.07) is 3.35. The van der Waals surface area contributed by atoms with Gasteiger partial charge in [0.1, 0.15) is 11.6 Å². The van der Waals surface area contributed by atoms with E-state index in [9.17, 15) is 8.78 Å².